The second kappa shape index (κ2) is 5.01. The van der Waals surface area contributed by atoms with Gasteiger partial charge >= 0.3 is 5.97 Å². The zero-order valence-electron chi connectivity index (χ0n) is 11.9. The van der Waals surface area contributed by atoms with Crippen molar-refractivity contribution in [2.75, 3.05) is 5.32 Å². The molecular weight excluding hydrogens is 302 g/mol. The lowest BCUT2D eigenvalue weighted by atomic mass is 10.0. The standard InChI is InChI=1S/C13H16F2N2O3S/c1-4-12(5-13(12,14)15)10(20)17-11-16-7(9(18)19)8(21-11)6(2)3/h6H,4-5H2,1-3H3,(H,18,19)(H,16,17,20). The molecule has 1 unspecified atom stereocenters. The van der Waals surface area contributed by atoms with Crippen LogP contribution in [0.3, 0.4) is 0 Å². The number of hydrogen-bond acceptors (Lipinski definition) is 4. The van der Waals surface area contributed by atoms with Gasteiger partial charge in [-0.2, -0.15) is 0 Å². The molecule has 0 spiro atoms. The number of alkyl halides is 2. The van der Waals surface area contributed by atoms with Crippen molar-refractivity contribution in [3.8, 4) is 0 Å². The second-order valence-electron chi connectivity index (χ2n) is 5.46. The SMILES string of the molecule is CCC1(C(=O)Nc2nc(C(=O)O)c(C(C)C)s2)CC1(F)F. The number of thiazole rings is 1. The lowest BCUT2D eigenvalue weighted by Gasteiger charge is -2.12. The highest BCUT2D eigenvalue weighted by Crippen LogP contribution is 2.63. The topological polar surface area (TPSA) is 79.3 Å². The number of carbonyl (C=O) groups excluding carboxylic acids is 1. The number of halogens is 2. The van der Waals surface area contributed by atoms with Crippen molar-refractivity contribution in [2.45, 2.75) is 45.5 Å². The zero-order chi connectivity index (χ0) is 16.0. The molecule has 8 heteroatoms. The molecule has 1 amide bonds. The molecule has 1 aromatic rings. The Balaban J connectivity index is 2.23. The smallest absolute Gasteiger partial charge is 0.355 e. The number of carbonyl (C=O) groups is 2. The van der Waals surface area contributed by atoms with Gasteiger partial charge in [-0.3, -0.25) is 4.79 Å². The Hall–Kier alpha value is -1.57. The van der Waals surface area contributed by atoms with Crippen LogP contribution in [-0.4, -0.2) is 27.9 Å². The van der Waals surface area contributed by atoms with Gasteiger partial charge in [0.1, 0.15) is 5.41 Å². The van der Waals surface area contributed by atoms with Gasteiger partial charge in [-0.25, -0.2) is 18.6 Å². The molecule has 1 aliphatic carbocycles. The molecule has 0 radical (unpaired) electrons. The van der Waals surface area contributed by atoms with Gasteiger partial charge < -0.3 is 10.4 Å². The molecule has 1 aromatic heterocycles. The van der Waals surface area contributed by atoms with Gasteiger partial charge in [-0.05, 0) is 12.3 Å². The summed E-state index contributed by atoms with van der Waals surface area (Å²) in [6.07, 6.45) is -0.448. The van der Waals surface area contributed by atoms with Crippen LogP contribution in [0.1, 0.15) is 54.9 Å². The Labute approximate surface area is 124 Å². The number of nitrogens with one attached hydrogen (secondary N) is 1. The van der Waals surface area contributed by atoms with Gasteiger partial charge in [0.2, 0.25) is 5.91 Å². The lowest BCUT2D eigenvalue weighted by Crippen LogP contribution is -2.28. The summed E-state index contributed by atoms with van der Waals surface area (Å²) >= 11 is 1.01. The van der Waals surface area contributed by atoms with Crippen LogP contribution >= 0.6 is 11.3 Å². The zero-order valence-corrected chi connectivity index (χ0v) is 12.7. The normalized spacial score (nSPS) is 23.1. The Bertz CT molecular complexity index is 600. The largest absolute Gasteiger partial charge is 0.476 e. The van der Waals surface area contributed by atoms with Gasteiger partial charge in [0.15, 0.2) is 10.8 Å². The summed E-state index contributed by atoms with van der Waals surface area (Å²) in [7, 11) is 0. The summed E-state index contributed by atoms with van der Waals surface area (Å²) in [6, 6.07) is 0. The molecule has 0 aliphatic heterocycles. The Morgan fingerprint density at radius 2 is 2.05 bits per heavy atom. The number of rotatable bonds is 5. The van der Waals surface area contributed by atoms with Crippen molar-refractivity contribution in [1.29, 1.82) is 0 Å². The van der Waals surface area contributed by atoms with Gasteiger partial charge in [0.25, 0.3) is 5.92 Å². The van der Waals surface area contributed by atoms with Crippen molar-refractivity contribution in [3.05, 3.63) is 10.6 Å². The van der Waals surface area contributed by atoms with Crippen molar-refractivity contribution in [1.82, 2.24) is 4.98 Å². The molecule has 0 bridgehead atoms. The molecule has 1 heterocycles. The molecule has 116 valence electrons. The molecular formula is C13H16F2N2O3S. The minimum absolute atomic E-state index is 0.0278. The van der Waals surface area contributed by atoms with E-state index in [1.807, 2.05) is 0 Å². The monoisotopic (exact) mass is 318 g/mol. The Morgan fingerprint density at radius 1 is 1.48 bits per heavy atom. The molecule has 1 aliphatic rings. The van der Waals surface area contributed by atoms with Crippen LogP contribution in [0, 0.1) is 5.41 Å². The predicted octanol–water partition coefficient (Wildman–Crippen LogP) is 3.34. The van der Waals surface area contributed by atoms with E-state index in [0.29, 0.717) is 4.88 Å². The van der Waals surface area contributed by atoms with Crippen LogP contribution < -0.4 is 5.32 Å². The summed E-state index contributed by atoms with van der Waals surface area (Å²) in [5.41, 5.74) is -1.82. The van der Waals surface area contributed by atoms with Crippen molar-refractivity contribution < 1.29 is 23.5 Å². The molecule has 2 N–H and O–H groups in total. The van der Waals surface area contributed by atoms with Crippen LogP contribution in [0.15, 0.2) is 0 Å². The quantitative estimate of drug-likeness (QED) is 0.872. The number of carboxylic acids is 1. The van der Waals surface area contributed by atoms with E-state index in [4.69, 9.17) is 5.11 Å². The van der Waals surface area contributed by atoms with Gasteiger partial charge in [0, 0.05) is 11.3 Å². The molecule has 0 aromatic carbocycles. The molecule has 5 nitrogen and oxygen atoms in total. The van der Waals surface area contributed by atoms with Crippen LogP contribution in [0.25, 0.3) is 0 Å². The van der Waals surface area contributed by atoms with E-state index in [2.05, 4.69) is 10.3 Å². The maximum atomic E-state index is 13.4. The van der Waals surface area contributed by atoms with Crippen molar-refractivity contribution in [3.63, 3.8) is 0 Å². The first kappa shape index (κ1) is 15.8. The van der Waals surface area contributed by atoms with Gasteiger partial charge in [-0.15, -0.1) is 11.3 Å². The van der Waals surface area contributed by atoms with Crippen LogP contribution in [0.5, 0.6) is 0 Å². The fourth-order valence-electron chi connectivity index (χ4n) is 2.27. The fourth-order valence-corrected chi connectivity index (χ4v) is 3.23. The maximum Gasteiger partial charge on any atom is 0.355 e. The van der Waals surface area contributed by atoms with Crippen LogP contribution in [-0.2, 0) is 4.79 Å². The third-order valence-electron chi connectivity index (χ3n) is 3.74. The maximum absolute atomic E-state index is 13.4. The van der Waals surface area contributed by atoms with Crippen molar-refractivity contribution in [2.24, 2.45) is 5.41 Å². The minimum atomic E-state index is -3.00. The first-order valence-electron chi connectivity index (χ1n) is 6.58. The molecule has 2 rings (SSSR count). The number of carboxylic acid groups (broad SMARTS) is 1. The van der Waals surface area contributed by atoms with E-state index >= 15 is 0 Å². The summed E-state index contributed by atoms with van der Waals surface area (Å²) in [5.74, 6) is -5.07. The summed E-state index contributed by atoms with van der Waals surface area (Å²) < 4.78 is 26.7. The number of amides is 1. The van der Waals surface area contributed by atoms with Gasteiger partial charge in [-0.1, -0.05) is 20.8 Å². The van der Waals surface area contributed by atoms with Gasteiger partial charge in [0.05, 0.1) is 0 Å². The third kappa shape index (κ3) is 2.52. The summed E-state index contributed by atoms with van der Waals surface area (Å²) in [5, 5.41) is 11.5. The number of anilines is 1. The average Bonchev–Trinajstić information content (AvgIpc) is 2.76. The molecule has 1 fully saturated rings. The second-order valence-corrected chi connectivity index (χ2v) is 6.49. The van der Waals surface area contributed by atoms with E-state index in [1.54, 1.807) is 13.8 Å². The van der Waals surface area contributed by atoms with E-state index < -0.39 is 29.6 Å². The highest BCUT2D eigenvalue weighted by atomic mass is 32.1. The van der Waals surface area contributed by atoms with E-state index in [1.165, 1.54) is 6.92 Å². The highest BCUT2D eigenvalue weighted by Gasteiger charge is 2.74. The molecule has 1 saturated carbocycles. The van der Waals surface area contributed by atoms with Crippen LogP contribution in [0.2, 0.25) is 0 Å². The van der Waals surface area contributed by atoms with E-state index in [-0.39, 0.29) is 23.2 Å². The number of aromatic carboxylic acids is 1. The highest BCUT2D eigenvalue weighted by molar-refractivity contribution is 7.16. The van der Waals surface area contributed by atoms with E-state index in [0.717, 1.165) is 11.3 Å². The summed E-state index contributed by atoms with van der Waals surface area (Å²) in [6.45, 7) is 5.13. The number of aromatic nitrogens is 1. The first-order chi connectivity index (χ1) is 9.64. The first-order valence-corrected chi connectivity index (χ1v) is 7.39. The van der Waals surface area contributed by atoms with Crippen LogP contribution in [0.4, 0.5) is 13.9 Å². The predicted molar refractivity (Wildman–Crippen MR) is 74.1 cm³/mol. The van der Waals surface area contributed by atoms with E-state index in [9.17, 15) is 18.4 Å². The summed E-state index contributed by atoms with van der Waals surface area (Å²) in [4.78, 5) is 27.5. The fraction of sp³-hybridized carbons (Fsp3) is 0.615. The third-order valence-corrected chi connectivity index (χ3v) is 5.01. The number of nitrogens with zero attached hydrogens (tertiary/aromatic N) is 1. The number of hydrogen-bond donors (Lipinski definition) is 2. The van der Waals surface area contributed by atoms with Crippen molar-refractivity contribution >= 4 is 28.3 Å². The average molecular weight is 318 g/mol. The lowest BCUT2D eigenvalue weighted by molar-refractivity contribution is -0.124. The molecule has 21 heavy (non-hydrogen) atoms. The molecule has 0 saturated heterocycles. The Morgan fingerprint density at radius 3 is 2.38 bits per heavy atom. The Kier molecular flexibility index (Phi) is 3.77. The minimum Gasteiger partial charge on any atom is -0.476 e. The molecule has 1 atom stereocenters.